The summed E-state index contributed by atoms with van der Waals surface area (Å²) in [6.07, 6.45) is -0.144. The van der Waals surface area contributed by atoms with E-state index in [-0.39, 0.29) is 30.3 Å². The Morgan fingerprint density at radius 1 is 0.964 bits per heavy atom. The van der Waals surface area contributed by atoms with E-state index in [0.29, 0.717) is 11.5 Å². The first-order valence-corrected chi connectivity index (χ1v) is 9.21. The van der Waals surface area contributed by atoms with E-state index in [1.807, 2.05) is 42.5 Å². The first kappa shape index (κ1) is 18.6. The fourth-order valence-corrected chi connectivity index (χ4v) is 4.23. The molecule has 0 spiro atoms. The number of methoxy groups -OCH3 is 3. The van der Waals surface area contributed by atoms with Gasteiger partial charge in [-0.15, -0.1) is 0 Å². The third-order valence-corrected chi connectivity index (χ3v) is 5.53. The van der Waals surface area contributed by atoms with E-state index in [1.165, 1.54) is 0 Å². The van der Waals surface area contributed by atoms with E-state index >= 15 is 0 Å². The molecule has 2 saturated heterocycles. The van der Waals surface area contributed by atoms with Crippen LogP contribution in [0.4, 0.5) is 0 Å². The summed E-state index contributed by atoms with van der Waals surface area (Å²) in [4.78, 5) is 12.3. The topological polar surface area (TPSA) is 78.0 Å². The molecule has 0 amide bonds. The average molecular weight is 384 g/mol. The summed E-state index contributed by atoms with van der Waals surface area (Å²) < 4.78 is 21.9. The van der Waals surface area contributed by atoms with E-state index < -0.39 is 6.23 Å². The molecule has 2 N–H and O–H groups in total. The number of nitrogens with one attached hydrogen (secondary N) is 2. The van der Waals surface area contributed by atoms with Crippen LogP contribution in [0, 0.1) is 5.92 Å². The number of fused-ring (bicyclic) bond motifs is 1. The smallest absolute Gasteiger partial charge is 0.308 e. The number of para-hydroxylation sites is 1. The van der Waals surface area contributed by atoms with E-state index in [4.69, 9.17) is 18.9 Å². The van der Waals surface area contributed by atoms with Gasteiger partial charge in [0.15, 0.2) is 17.7 Å². The normalized spacial score (nSPS) is 26.3. The summed E-state index contributed by atoms with van der Waals surface area (Å²) in [6, 6.07) is 13.6. The van der Waals surface area contributed by atoms with Crippen molar-refractivity contribution in [3.63, 3.8) is 0 Å². The molecule has 2 heterocycles. The predicted octanol–water partition coefficient (Wildman–Crippen LogP) is 2.53. The summed E-state index contributed by atoms with van der Waals surface area (Å²) in [5.41, 5.74) is 8.46. The highest BCUT2D eigenvalue weighted by Crippen LogP contribution is 2.48. The van der Waals surface area contributed by atoms with Crippen molar-refractivity contribution in [2.45, 2.75) is 24.6 Å². The van der Waals surface area contributed by atoms with Crippen LogP contribution in [0.15, 0.2) is 42.5 Å². The van der Waals surface area contributed by atoms with Gasteiger partial charge in [-0.1, -0.05) is 24.3 Å². The molecule has 0 saturated carbocycles. The number of hydrazine groups is 1. The first-order chi connectivity index (χ1) is 13.7. The largest absolute Gasteiger partial charge is 0.497 e. The summed E-state index contributed by atoms with van der Waals surface area (Å²) >= 11 is 0. The van der Waals surface area contributed by atoms with Gasteiger partial charge in [-0.3, -0.25) is 4.79 Å². The Morgan fingerprint density at radius 2 is 1.75 bits per heavy atom. The van der Waals surface area contributed by atoms with Gasteiger partial charge in [-0.2, -0.15) is 0 Å². The Labute approximate surface area is 163 Å². The summed E-state index contributed by atoms with van der Waals surface area (Å²) in [7, 11) is 4.87. The number of carbonyl (C=O) groups excluding carboxylic acids is 1. The molecule has 2 fully saturated rings. The lowest BCUT2D eigenvalue weighted by Crippen LogP contribution is -2.42. The number of ether oxygens (including phenoxy) is 4. The Bertz CT molecular complexity index is 854. The van der Waals surface area contributed by atoms with Gasteiger partial charge in [0.25, 0.3) is 0 Å². The number of carbonyl (C=O) groups is 1. The van der Waals surface area contributed by atoms with Crippen LogP contribution < -0.4 is 25.1 Å². The van der Waals surface area contributed by atoms with E-state index in [1.54, 1.807) is 21.3 Å². The van der Waals surface area contributed by atoms with Gasteiger partial charge in [-0.25, -0.2) is 10.9 Å². The maximum atomic E-state index is 12.3. The number of hydrogen-bond acceptors (Lipinski definition) is 7. The Hall–Kier alpha value is -2.77. The molecular weight excluding hydrogens is 360 g/mol. The minimum absolute atomic E-state index is 0.00731. The first-order valence-electron chi connectivity index (χ1n) is 9.21. The van der Waals surface area contributed by atoms with Crippen molar-refractivity contribution in [2.75, 3.05) is 21.3 Å². The second kappa shape index (κ2) is 7.69. The lowest BCUT2D eigenvalue weighted by Gasteiger charge is -2.35. The van der Waals surface area contributed by atoms with Crippen molar-refractivity contribution in [1.82, 2.24) is 10.9 Å². The fraction of sp³-hybridized carbons (Fsp3) is 0.381. The van der Waals surface area contributed by atoms with Gasteiger partial charge in [-0.05, 0) is 23.8 Å². The highest BCUT2D eigenvalue weighted by molar-refractivity contribution is 5.72. The van der Waals surface area contributed by atoms with E-state index in [0.717, 1.165) is 16.9 Å². The number of esters is 1. The second-order valence-corrected chi connectivity index (χ2v) is 6.92. The summed E-state index contributed by atoms with van der Waals surface area (Å²) in [5.74, 6) is 1.77. The zero-order valence-corrected chi connectivity index (χ0v) is 16.1. The van der Waals surface area contributed by atoms with Crippen LogP contribution in [0.2, 0.25) is 0 Å². The summed E-state index contributed by atoms with van der Waals surface area (Å²) in [5, 5.41) is 0. The Morgan fingerprint density at radius 3 is 2.43 bits per heavy atom. The Kier molecular flexibility index (Phi) is 5.11. The molecule has 2 aliphatic heterocycles. The third kappa shape index (κ3) is 3.16. The van der Waals surface area contributed by atoms with Crippen molar-refractivity contribution >= 4 is 5.97 Å². The highest BCUT2D eigenvalue weighted by atomic mass is 16.6. The van der Waals surface area contributed by atoms with Crippen LogP contribution in [-0.2, 0) is 9.53 Å². The number of benzene rings is 2. The van der Waals surface area contributed by atoms with E-state index in [2.05, 4.69) is 10.9 Å². The van der Waals surface area contributed by atoms with Gasteiger partial charge in [0, 0.05) is 17.4 Å². The second-order valence-electron chi connectivity index (χ2n) is 6.92. The molecule has 2 aromatic carbocycles. The summed E-state index contributed by atoms with van der Waals surface area (Å²) in [6.45, 7) is 0. The monoisotopic (exact) mass is 384 g/mol. The highest BCUT2D eigenvalue weighted by Gasteiger charge is 2.49. The molecule has 28 heavy (non-hydrogen) atoms. The maximum Gasteiger partial charge on any atom is 0.308 e. The molecule has 2 aromatic rings. The third-order valence-electron chi connectivity index (χ3n) is 5.53. The molecule has 4 unspecified atom stereocenters. The van der Waals surface area contributed by atoms with Crippen molar-refractivity contribution < 1.29 is 23.7 Å². The van der Waals surface area contributed by atoms with Crippen LogP contribution in [0.25, 0.3) is 0 Å². The zero-order chi connectivity index (χ0) is 19.7. The minimum atomic E-state index is -0.422. The molecule has 0 radical (unpaired) electrons. The quantitative estimate of drug-likeness (QED) is 0.767. The van der Waals surface area contributed by atoms with Crippen LogP contribution in [0.5, 0.6) is 17.2 Å². The molecule has 0 bridgehead atoms. The maximum absolute atomic E-state index is 12.3. The molecule has 0 aliphatic carbocycles. The van der Waals surface area contributed by atoms with Crippen molar-refractivity contribution in [2.24, 2.45) is 5.92 Å². The van der Waals surface area contributed by atoms with Gasteiger partial charge in [0.05, 0.1) is 33.8 Å². The molecular formula is C21H24N2O5. The number of hydrogen-bond donors (Lipinski definition) is 2. The standard InChI is InChI=1S/C21H24N2O5/c1-25-13-9-7-12(8-10-13)19-18-15(11-17(24)28-21(18)23-22-19)14-5-4-6-16(26-2)20(14)27-3/h4-10,15,18-19,21-23H,11H2,1-3H3. The molecule has 148 valence electrons. The predicted molar refractivity (Wildman–Crippen MR) is 102 cm³/mol. The molecule has 7 heteroatoms. The molecule has 4 rings (SSSR count). The van der Waals surface area contributed by atoms with Gasteiger partial charge >= 0.3 is 5.97 Å². The minimum Gasteiger partial charge on any atom is -0.497 e. The zero-order valence-electron chi connectivity index (χ0n) is 16.1. The fourth-order valence-electron chi connectivity index (χ4n) is 4.23. The van der Waals surface area contributed by atoms with Crippen LogP contribution in [0.1, 0.15) is 29.5 Å². The van der Waals surface area contributed by atoms with Gasteiger partial charge in [0.1, 0.15) is 5.75 Å². The van der Waals surface area contributed by atoms with Crippen molar-refractivity contribution in [3.8, 4) is 17.2 Å². The van der Waals surface area contributed by atoms with Gasteiger partial charge in [0.2, 0.25) is 0 Å². The van der Waals surface area contributed by atoms with Crippen LogP contribution in [-0.4, -0.2) is 33.5 Å². The SMILES string of the molecule is COc1ccc(C2NNC3OC(=O)CC(c4cccc(OC)c4OC)C32)cc1. The van der Waals surface area contributed by atoms with Gasteiger partial charge < -0.3 is 18.9 Å². The van der Waals surface area contributed by atoms with Crippen molar-refractivity contribution in [1.29, 1.82) is 0 Å². The molecule has 7 nitrogen and oxygen atoms in total. The number of rotatable bonds is 5. The van der Waals surface area contributed by atoms with Crippen LogP contribution in [0.3, 0.4) is 0 Å². The Balaban J connectivity index is 1.74. The molecule has 0 aromatic heterocycles. The lowest BCUT2D eigenvalue weighted by atomic mass is 9.75. The molecule has 4 atom stereocenters. The average Bonchev–Trinajstić information content (AvgIpc) is 3.16. The van der Waals surface area contributed by atoms with Crippen LogP contribution >= 0.6 is 0 Å². The van der Waals surface area contributed by atoms with E-state index in [9.17, 15) is 4.79 Å². The van der Waals surface area contributed by atoms with Crippen molar-refractivity contribution in [3.05, 3.63) is 53.6 Å². The molecule has 2 aliphatic rings. The lowest BCUT2D eigenvalue weighted by molar-refractivity contribution is -0.160.